The van der Waals surface area contributed by atoms with Gasteiger partial charge >= 0.3 is 0 Å². The van der Waals surface area contributed by atoms with Gasteiger partial charge in [-0.15, -0.1) is 0 Å². The predicted molar refractivity (Wildman–Crippen MR) is 74.2 cm³/mol. The molecule has 1 amide bonds. The third-order valence-electron chi connectivity index (χ3n) is 3.61. The first-order valence-corrected chi connectivity index (χ1v) is 6.73. The van der Waals surface area contributed by atoms with Crippen molar-refractivity contribution in [3.63, 3.8) is 0 Å². The van der Waals surface area contributed by atoms with Crippen molar-refractivity contribution in [2.24, 2.45) is 0 Å². The maximum absolute atomic E-state index is 12.5. The molecule has 1 unspecified atom stereocenters. The van der Waals surface area contributed by atoms with Gasteiger partial charge in [-0.05, 0) is 44.5 Å². The van der Waals surface area contributed by atoms with Crippen LogP contribution in [-0.2, 0) is 0 Å². The van der Waals surface area contributed by atoms with E-state index in [0.29, 0.717) is 11.1 Å². The van der Waals surface area contributed by atoms with E-state index in [1.807, 2.05) is 37.1 Å². The van der Waals surface area contributed by atoms with Crippen molar-refractivity contribution in [1.82, 2.24) is 10.2 Å². The lowest BCUT2D eigenvalue weighted by atomic mass is 10.0. The summed E-state index contributed by atoms with van der Waals surface area (Å²) in [6.45, 7) is 3.51. The van der Waals surface area contributed by atoms with Crippen LogP contribution in [0.25, 0.3) is 0 Å². The zero-order valence-electron chi connectivity index (χ0n) is 10.9. The number of hydrogen-bond donors (Lipinski definition) is 1. The van der Waals surface area contributed by atoms with Crippen molar-refractivity contribution in [1.29, 1.82) is 0 Å². The third kappa shape index (κ3) is 2.68. The highest BCUT2D eigenvalue weighted by Gasteiger charge is 2.24. The molecule has 0 saturated carbocycles. The number of piperidine rings is 1. The van der Waals surface area contributed by atoms with Crippen molar-refractivity contribution in [2.45, 2.75) is 25.8 Å². The fourth-order valence-electron chi connectivity index (χ4n) is 2.41. The molecule has 1 aliphatic rings. The number of carbonyl (C=O) groups is 1. The number of rotatable bonds is 2. The second-order valence-corrected chi connectivity index (χ2v) is 5.20. The van der Waals surface area contributed by atoms with E-state index in [2.05, 4.69) is 5.32 Å². The van der Waals surface area contributed by atoms with Gasteiger partial charge in [0.2, 0.25) is 0 Å². The van der Waals surface area contributed by atoms with Crippen LogP contribution >= 0.6 is 11.6 Å². The molecular formula is C14H19ClN2O. The SMILES string of the molecule is CNC1CCCN(C(=O)c2cccc(Cl)c2C)C1. The number of nitrogens with one attached hydrogen (secondary N) is 1. The largest absolute Gasteiger partial charge is 0.337 e. The van der Waals surface area contributed by atoms with E-state index in [9.17, 15) is 4.79 Å². The Morgan fingerprint density at radius 1 is 1.50 bits per heavy atom. The van der Waals surface area contributed by atoms with Crippen LogP contribution < -0.4 is 5.32 Å². The summed E-state index contributed by atoms with van der Waals surface area (Å²) in [5.41, 5.74) is 1.59. The molecule has 2 rings (SSSR count). The van der Waals surface area contributed by atoms with Gasteiger partial charge in [0.05, 0.1) is 0 Å². The summed E-state index contributed by atoms with van der Waals surface area (Å²) in [4.78, 5) is 14.4. The summed E-state index contributed by atoms with van der Waals surface area (Å²) in [6, 6.07) is 5.91. The maximum atomic E-state index is 12.5. The van der Waals surface area contributed by atoms with Gasteiger partial charge in [-0.1, -0.05) is 17.7 Å². The van der Waals surface area contributed by atoms with Gasteiger partial charge in [-0.25, -0.2) is 0 Å². The average molecular weight is 267 g/mol. The van der Waals surface area contributed by atoms with E-state index in [-0.39, 0.29) is 5.91 Å². The summed E-state index contributed by atoms with van der Waals surface area (Å²) in [6.07, 6.45) is 2.19. The summed E-state index contributed by atoms with van der Waals surface area (Å²) >= 11 is 6.07. The third-order valence-corrected chi connectivity index (χ3v) is 4.02. The Kier molecular flexibility index (Phi) is 4.25. The summed E-state index contributed by atoms with van der Waals surface area (Å²) < 4.78 is 0. The van der Waals surface area contributed by atoms with Crippen molar-refractivity contribution in [3.05, 3.63) is 34.3 Å². The number of benzene rings is 1. The van der Waals surface area contributed by atoms with Crippen molar-refractivity contribution in [2.75, 3.05) is 20.1 Å². The molecule has 1 aliphatic heterocycles. The molecule has 1 atom stereocenters. The second kappa shape index (κ2) is 5.72. The van der Waals surface area contributed by atoms with Gasteiger partial charge in [0.1, 0.15) is 0 Å². The summed E-state index contributed by atoms with van der Waals surface area (Å²) in [5.74, 6) is 0.0925. The van der Waals surface area contributed by atoms with Crippen LogP contribution in [0.5, 0.6) is 0 Å². The first kappa shape index (κ1) is 13.4. The molecule has 1 saturated heterocycles. The van der Waals surface area contributed by atoms with Gasteiger partial charge in [-0.3, -0.25) is 4.79 Å². The lowest BCUT2D eigenvalue weighted by Crippen LogP contribution is -2.47. The molecule has 0 radical (unpaired) electrons. The number of likely N-dealkylation sites (N-methyl/N-ethyl adjacent to an activating group) is 1. The fourth-order valence-corrected chi connectivity index (χ4v) is 2.58. The molecule has 0 bridgehead atoms. The maximum Gasteiger partial charge on any atom is 0.254 e. The molecule has 3 nitrogen and oxygen atoms in total. The second-order valence-electron chi connectivity index (χ2n) is 4.79. The van der Waals surface area contributed by atoms with Gasteiger partial charge in [0.25, 0.3) is 5.91 Å². The standard InChI is InChI=1S/C14H19ClN2O/c1-10-12(6-3-7-13(10)15)14(18)17-8-4-5-11(9-17)16-2/h3,6-7,11,16H,4-5,8-9H2,1-2H3. The minimum atomic E-state index is 0.0925. The molecule has 0 spiro atoms. The van der Waals surface area contributed by atoms with Crippen LogP contribution in [0.3, 0.4) is 0 Å². The number of amides is 1. The minimum Gasteiger partial charge on any atom is -0.337 e. The van der Waals surface area contributed by atoms with Crippen LogP contribution in [-0.4, -0.2) is 37.0 Å². The Morgan fingerprint density at radius 3 is 3.00 bits per heavy atom. The van der Waals surface area contributed by atoms with Crippen LogP contribution in [0.4, 0.5) is 0 Å². The summed E-state index contributed by atoms with van der Waals surface area (Å²) in [7, 11) is 1.95. The molecule has 18 heavy (non-hydrogen) atoms. The predicted octanol–water partition coefficient (Wildman–Crippen LogP) is 2.47. The number of halogens is 1. The normalized spacial score (nSPS) is 19.9. The Balaban J connectivity index is 2.18. The highest BCUT2D eigenvalue weighted by atomic mass is 35.5. The van der Waals surface area contributed by atoms with Crippen LogP contribution in [0.1, 0.15) is 28.8 Å². The molecule has 0 aromatic heterocycles. The quantitative estimate of drug-likeness (QED) is 0.892. The van der Waals surface area contributed by atoms with Crippen LogP contribution in [0.2, 0.25) is 5.02 Å². The van der Waals surface area contributed by atoms with Gasteiger partial charge in [0, 0.05) is 29.7 Å². The minimum absolute atomic E-state index is 0.0925. The van der Waals surface area contributed by atoms with E-state index in [4.69, 9.17) is 11.6 Å². The average Bonchev–Trinajstić information content (AvgIpc) is 2.41. The molecule has 1 N–H and O–H groups in total. The van der Waals surface area contributed by atoms with E-state index < -0.39 is 0 Å². The van der Waals surface area contributed by atoms with Crippen LogP contribution in [0, 0.1) is 6.92 Å². The number of nitrogens with zero attached hydrogens (tertiary/aromatic N) is 1. The zero-order chi connectivity index (χ0) is 13.1. The summed E-state index contributed by atoms with van der Waals surface area (Å²) in [5, 5.41) is 3.90. The first-order chi connectivity index (χ1) is 8.63. The lowest BCUT2D eigenvalue weighted by molar-refractivity contribution is 0.0697. The van der Waals surface area contributed by atoms with Gasteiger partial charge in [-0.2, -0.15) is 0 Å². The highest BCUT2D eigenvalue weighted by Crippen LogP contribution is 2.21. The Bertz CT molecular complexity index is 447. The Labute approximate surface area is 113 Å². The van der Waals surface area contributed by atoms with Crippen LogP contribution in [0.15, 0.2) is 18.2 Å². The molecule has 1 aromatic rings. The number of carbonyl (C=O) groups excluding carboxylic acids is 1. The van der Waals surface area contributed by atoms with E-state index in [1.54, 1.807) is 0 Å². The molecule has 1 fully saturated rings. The molecule has 4 heteroatoms. The van der Waals surface area contributed by atoms with E-state index in [0.717, 1.165) is 37.1 Å². The van der Waals surface area contributed by atoms with Crippen molar-refractivity contribution in [3.8, 4) is 0 Å². The Hall–Kier alpha value is -1.06. The molecule has 98 valence electrons. The topological polar surface area (TPSA) is 32.3 Å². The molecule has 0 aliphatic carbocycles. The first-order valence-electron chi connectivity index (χ1n) is 6.35. The van der Waals surface area contributed by atoms with E-state index >= 15 is 0 Å². The van der Waals surface area contributed by atoms with E-state index in [1.165, 1.54) is 0 Å². The smallest absolute Gasteiger partial charge is 0.254 e. The molecular weight excluding hydrogens is 248 g/mol. The number of hydrogen-bond acceptors (Lipinski definition) is 2. The number of likely N-dealkylation sites (tertiary alicyclic amines) is 1. The van der Waals surface area contributed by atoms with Gasteiger partial charge in [0.15, 0.2) is 0 Å². The van der Waals surface area contributed by atoms with Crippen molar-refractivity contribution >= 4 is 17.5 Å². The lowest BCUT2D eigenvalue weighted by Gasteiger charge is -2.33. The Morgan fingerprint density at radius 2 is 2.28 bits per heavy atom. The fraction of sp³-hybridized carbons (Fsp3) is 0.500. The highest BCUT2D eigenvalue weighted by molar-refractivity contribution is 6.31. The zero-order valence-corrected chi connectivity index (χ0v) is 11.6. The molecule has 1 aromatic carbocycles. The monoisotopic (exact) mass is 266 g/mol. The molecule has 1 heterocycles. The van der Waals surface area contributed by atoms with Crippen molar-refractivity contribution < 1.29 is 4.79 Å². The van der Waals surface area contributed by atoms with Gasteiger partial charge < -0.3 is 10.2 Å².